The smallest absolute Gasteiger partial charge is 0.315 e. The van der Waals surface area contributed by atoms with Crippen molar-refractivity contribution >= 4 is 12.0 Å². The van der Waals surface area contributed by atoms with Gasteiger partial charge < -0.3 is 15.7 Å². The number of urea groups is 1. The number of nitrogens with one attached hydrogen (secondary N) is 2. The second-order valence-corrected chi connectivity index (χ2v) is 5.58. The van der Waals surface area contributed by atoms with Crippen LogP contribution in [0.4, 0.5) is 4.79 Å². The molecular weight excluding hydrogens is 262 g/mol. The Labute approximate surface area is 117 Å². The summed E-state index contributed by atoms with van der Waals surface area (Å²) >= 11 is 0. The highest BCUT2D eigenvalue weighted by Crippen LogP contribution is 2.21. The van der Waals surface area contributed by atoms with E-state index in [2.05, 4.69) is 20.9 Å². The second-order valence-electron chi connectivity index (χ2n) is 5.58. The fraction of sp³-hybridized carbons (Fsp3) is 0.667. The highest BCUT2D eigenvalue weighted by Gasteiger charge is 2.28. The standard InChI is InChI=1S/C12H21N5O3/c1-12(2,3)9(8-10(18)19)15-11(20)13-4-6-17-7-5-14-16-17/h5,7,9H,4,6,8H2,1-3H3,(H,18,19)(H2,13,15,20). The van der Waals surface area contributed by atoms with Crippen molar-refractivity contribution in [2.75, 3.05) is 6.54 Å². The van der Waals surface area contributed by atoms with Gasteiger partial charge in [0.05, 0.1) is 19.2 Å². The summed E-state index contributed by atoms with van der Waals surface area (Å²) in [5, 5.41) is 21.7. The Hall–Kier alpha value is -2.12. The van der Waals surface area contributed by atoms with Crippen LogP contribution >= 0.6 is 0 Å². The molecule has 1 rings (SSSR count). The van der Waals surface area contributed by atoms with Crippen LogP contribution in [0.1, 0.15) is 27.2 Å². The minimum absolute atomic E-state index is 0.111. The van der Waals surface area contributed by atoms with E-state index in [0.29, 0.717) is 13.1 Å². The summed E-state index contributed by atoms with van der Waals surface area (Å²) in [7, 11) is 0. The zero-order chi connectivity index (χ0) is 15.2. The molecule has 2 amide bonds. The molecule has 0 aliphatic carbocycles. The Kier molecular flexibility index (Phi) is 5.48. The maximum absolute atomic E-state index is 11.7. The first-order valence-corrected chi connectivity index (χ1v) is 6.39. The maximum Gasteiger partial charge on any atom is 0.315 e. The van der Waals surface area contributed by atoms with Crippen molar-refractivity contribution in [2.24, 2.45) is 5.41 Å². The number of aromatic nitrogens is 3. The SMILES string of the molecule is CC(C)(C)C(CC(=O)O)NC(=O)NCCn1ccnn1. The normalized spacial score (nSPS) is 12.8. The number of carbonyl (C=O) groups excluding carboxylic acids is 1. The number of carbonyl (C=O) groups is 2. The van der Waals surface area contributed by atoms with Crippen molar-refractivity contribution in [1.29, 1.82) is 0 Å². The quantitative estimate of drug-likeness (QED) is 0.703. The molecule has 112 valence electrons. The van der Waals surface area contributed by atoms with Crippen LogP contribution in [0.3, 0.4) is 0 Å². The molecular formula is C12H21N5O3. The molecule has 8 heteroatoms. The molecule has 0 bridgehead atoms. The lowest BCUT2D eigenvalue weighted by Gasteiger charge is -2.30. The van der Waals surface area contributed by atoms with Gasteiger partial charge in [0, 0.05) is 18.8 Å². The first-order valence-electron chi connectivity index (χ1n) is 6.39. The van der Waals surface area contributed by atoms with E-state index in [1.165, 1.54) is 0 Å². The molecule has 1 aromatic rings. The van der Waals surface area contributed by atoms with Crippen molar-refractivity contribution in [1.82, 2.24) is 25.6 Å². The van der Waals surface area contributed by atoms with E-state index in [-0.39, 0.29) is 17.9 Å². The van der Waals surface area contributed by atoms with E-state index in [9.17, 15) is 9.59 Å². The largest absolute Gasteiger partial charge is 0.481 e. The molecule has 0 saturated carbocycles. The average molecular weight is 283 g/mol. The number of hydrogen-bond acceptors (Lipinski definition) is 4. The molecule has 0 aromatic carbocycles. The monoisotopic (exact) mass is 283 g/mol. The molecule has 1 atom stereocenters. The molecule has 0 aliphatic heterocycles. The third-order valence-electron chi connectivity index (χ3n) is 2.83. The van der Waals surface area contributed by atoms with Gasteiger partial charge in [-0.15, -0.1) is 5.10 Å². The Morgan fingerprint density at radius 1 is 1.40 bits per heavy atom. The van der Waals surface area contributed by atoms with Gasteiger partial charge in [-0.05, 0) is 5.41 Å². The minimum Gasteiger partial charge on any atom is -0.481 e. The first-order chi connectivity index (χ1) is 9.29. The Balaban J connectivity index is 2.39. The van der Waals surface area contributed by atoms with Gasteiger partial charge in [0.2, 0.25) is 0 Å². The number of amides is 2. The maximum atomic E-state index is 11.7. The minimum atomic E-state index is -0.937. The van der Waals surface area contributed by atoms with Crippen LogP contribution < -0.4 is 10.6 Å². The summed E-state index contributed by atoms with van der Waals surface area (Å²) in [5.41, 5.74) is -0.332. The fourth-order valence-corrected chi connectivity index (χ4v) is 1.59. The highest BCUT2D eigenvalue weighted by atomic mass is 16.4. The van der Waals surface area contributed by atoms with Crippen LogP contribution in [0.25, 0.3) is 0 Å². The van der Waals surface area contributed by atoms with Crippen molar-refractivity contribution in [2.45, 2.75) is 39.8 Å². The van der Waals surface area contributed by atoms with Gasteiger partial charge in [0.25, 0.3) is 0 Å². The van der Waals surface area contributed by atoms with Crippen molar-refractivity contribution < 1.29 is 14.7 Å². The molecule has 1 aromatic heterocycles. The van der Waals surface area contributed by atoms with Gasteiger partial charge in [0.1, 0.15) is 0 Å². The Bertz CT molecular complexity index is 438. The topological polar surface area (TPSA) is 109 Å². The van der Waals surface area contributed by atoms with Gasteiger partial charge in [0.15, 0.2) is 0 Å². The lowest BCUT2D eigenvalue weighted by atomic mass is 9.85. The van der Waals surface area contributed by atoms with Gasteiger partial charge in [-0.25, -0.2) is 4.79 Å². The van der Waals surface area contributed by atoms with E-state index < -0.39 is 12.0 Å². The summed E-state index contributed by atoms with van der Waals surface area (Å²) in [4.78, 5) is 22.6. The summed E-state index contributed by atoms with van der Waals surface area (Å²) < 4.78 is 1.60. The molecule has 0 fully saturated rings. The molecule has 0 radical (unpaired) electrons. The van der Waals surface area contributed by atoms with Crippen molar-refractivity contribution in [3.05, 3.63) is 12.4 Å². The zero-order valence-electron chi connectivity index (χ0n) is 12.0. The number of hydrogen-bond donors (Lipinski definition) is 3. The summed E-state index contributed by atoms with van der Waals surface area (Å²) in [6.45, 7) is 6.55. The molecule has 1 unspecified atom stereocenters. The summed E-state index contributed by atoms with van der Waals surface area (Å²) in [5.74, 6) is -0.937. The summed E-state index contributed by atoms with van der Waals surface area (Å²) in [6.07, 6.45) is 3.14. The number of carboxylic acid groups (broad SMARTS) is 1. The number of rotatable bonds is 6. The molecule has 0 saturated heterocycles. The molecule has 20 heavy (non-hydrogen) atoms. The molecule has 0 aliphatic rings. The lowest BCUT2D eigenvalue weighted by Crippen LogP contribution is -2.49. The van der Waals surface area contributed by atoms with Crippen LogP contribution in [-0.2, 0) is 11.3 Å². The predicted octanol–water partition coefficient (Wildman–Crippen LogP) is 0.467. The van der Waals surface area contributed by atoms with Gasteiger partial charge >= 0.3 is 12.0 Å². The van der Waals surface area contributed by atoms with Gasteiger partial charge in [-0.3, -0.25) is 9.48 Å². The van der Waals surface area contributed by atoms with E-state index >= 15 is 0 Å². The van der Waals surface area contributed by atoms with Crippen molar-refractivity contribution in [3.8, 4) is 0 Å². The fourth-order valence-electron chi connectivity index (χ4n) is 1.59. The predicted molar refractivity (Wildman–Crippen MR) is 72.1 cm³/mol. The Morgan fingerprint density at radius 3 is 2.60 bits per heavy atom. The zero-order valence-corrected chi connectivity index (χ0v) is 12.0. The van der Waals surface area contributed by atoms with E-state index in [1.54, 1.807) is 17.1 Å². The molecule has 0 spiro atoms. The van der Waals surface area contributed by atoms with Crippen molar-refractivity contribution in [3.63, 3.8) is 0 Å². The Morgan fingerprint density at radius 2 is 2.10 bits per heavy atom. The van der Waals surface area contributed by atoms with Gasteiger partial charge in [-0.2, -0.15) is 0 Å². The first kappa shape index (κ1) is 15.9. The van der Waals surface area contributed by atoms with E-state index in [1.807, 2.05) is 20.8 Å². The van der Waals surface area contributed by atoms with Crippen LogP contribution in [0.2, 0.25) is 0 Å². The van der Waals surface area contributed by atoms with E-state index in [4.69, 9.17) is 5.11 Å². The highest BCUT2D eigenvalue weighted by molar-refractivity contribution is 5.75. The van der Waals surface area contributed by atoms with Crippen LogP contribution in [0, 0.1) is 5.41 Å². The second kappa shape index (κ2) is 6.88. The number of nitrogens with zero attached hydrogens (tertiary/aromatic N) is 3. The molecule has 3 N–H and O–H groups in total. The number of aliphatic carboxylic acids is 1. The van der Waals surface area contributed by atoms with Crippen LogP contribution in [-0.4, -0.2) is 44.7 Å². The van der Waals surface area contributed by atoms with E-state index in [0.717, 1.165) is 0 Å². The summed E-state index contributed by atoms with van der Waals surface area (Å²) in [6, 6.07) is -0.822. The third kappa shape index (κ3) is 5.68. The number of carboxylic acids is 1. The molecule has 8 nitrogen and oxygen atoms in total. The molecule has 1 heterocycles. The third-order valence-corrected chi connectivity index (χ3v) is 2.83. The lowest BCUT2D eigenvalue weighted by molar-refractivity contribution is -0.138. The van der Waals surface area contributed by atoms with Crippen LogP contribution in [0.15, 0.2) is 12.4 Å². The van der Waals surface area contributed by atoms with Crippen LogP contribution in [0.5, 0.6) is 0 Å². The van der Waals surface area contributed by atoms with Gasteiger partial charge in [-0.1, -0.05) is 26.0 Å². The average Bonchev–Trinajstić information content (AvgIpc) is 2.79.